The van der Waals surface area contributed by atoms with Crippen LogP contribution >= 0.6 is 15.9 Å². The Morgan fingerprint density at radius 3 is 2.84 bits per heavy atom. The molecular formula is C15H16BrN3. The molecule has 19 heavy (non-hydrogen) atoms. The summed E-state index contributed by atoms with van der Waals surface area (Å²) in [6.07, 6.45) is 11.0. The van der Waals surface area contributed by atoms with E-state index in [-0.39, 0.29) is 0 Å². The molecular weight excluding hydrogens is 302 g/mol. The van der Waals surface area contributed by atoms with Gasteiger partial charge in [-0.1, -0.05) is 19.3 Å². The van der Waals surface area contributed by atoms with Gasteiger partial charge in [-0.05, 0) is 46.0 Å². The molecule has 0 aromatic carbocycles. The number of rotatable bonds is 2. The summed E-state index contributed by atoms with van der Waals surface area (Å²) >= 11 is 3.64. The van der Waals surface area contributed by atoms with E-state index in [1.54, 1.807) is 0 Å². The highest BCUT2D eigenvalue weighted by molar-refractivity contribution is 9.10. The van der Waals surface area contributed by atoms with E-state index in [0.29, 0.717) is 12.5 Å². The Labute approximate surface area is 121 Å². The minimum Gasteiger partial charge on any atom is -0.366 e. The van der Waals surface area contributed by atoms with Crippen LogP contribution in [-0.4, -0.2) is 11.0 Å². The highest BCUT2D eigenvalue weighted by Gasteiger charge is 2.20. The Hall–Kier alpha value is -1.34. The number of aromatic nitrogens is 1. The van der Waals surface area contributed by atoms with Gasteiger partial charge in [-0.25, -0.2) is 4.98 Å². The van der Waals surface area contributed by atoms with Crippen molar-refractivity contribution in [2.45, 2.75) is 44.6 Å². The van der Waals surface area contributed by atoms with Crippen LogP contribution in [0.4, 0.5) is 5.82 Å². The van der Waals surface area contributed by atoms with E-state index in [1.807, 2.05) is 12.3 Å². The third-order valence-corrected chi connectivity index (χ3v) is 4.73. The van der Waals surface area contributed by atoms with Crippen LogP contribution in [0.2, 0.25) is 0 Å². The molecule has 3 rings (SSSR count). The van der Waals surface area contributed by atoms with Gasteiger partial charge < -0.3 is 5.32 Å². The van der Waals surface area contributed by atoms with Gasteiger partial charge in [0.15, 0.2) is 0 Å². The highest BCUT2D eigenvalue weighted by atomic mass is 79.9. The molecule has 1 fully saturated rings. The lowest BCUT2D eigenvalue weighted by Gasteiger charge is -2.24. The maximum absolute atomic E-state index is 8.99. The third kappa shape index (κ3) is 2.52. The minimum absolute atomic E-state index is 0.538. The summed E-state index contributed by atoms with van der Waals surface area (Å²) in [5.74, 6) is 0.918. The van der Waals surface area contributed by atoms with Crippen molar-refractivity contribution < 1.29 is 0 Å². The van der Waals surface area contributed by atoms with Gasteiger partial charge >= 0.3 is 0 Å². The fourth-order valence-electron chi connectivity index (χ4n) is 2.88. The number of nitrogens with one attached hydrogen (secondary N) is 1. The Bertz CT molecular complexity index is 565. The summed E-state index contributed by atoms with van der Waals surface area (Å²) in [5, 5.41) is 12.5. The van der Waals surface area contributed by atoms with Crippen LogP contribution in [0, 0.1) is 11.3 Å². The Morgan fingerprint density at radius 2 is 2.11 bits per heavy atom. The van der Waals surface area contributed by atoms with Gasteiger partial charge in [-0.2, -0.15) is 5.26 Å². The van der Waals surface area contributed by atoms with Gasteiger partial charge in [0.05, 0.1) is 10.5 Å². The number of hydrogen-bond donors (Lipinski definition) is 1. The quantitative estimate of drug-likeness (QED) is 0.895. The molecule has 0 amide bonds. The molecule has 1 N–H and O–H groups in total. The van der Waals surface area contributed by atoms with Crippen molar-refractivity contribution in [3.8, 4) is 6.07 Å². The van der Waals surface area contributed by atoms with Crippen LogP contribution in [-0.2, 0) is 6.42 Å². The molecule has 4 heteroatoms. The van der Waals surface area contributed by atoms with E-state index < -0.39 is 0 Å². The molecule has 1 heterocycles. The second-order valence-electron chi connectivity index (χ2n) is 5.30. The number of halogens is 1. The summed E-state index contributed by atoms with van der Waals surface area (Å²) in [7, 11) is 0. The topological polar surface area (TPSA) is 48.7 Å². The number of hydrogen-bond acceptors (Lipinski definition) is 3. The monoisotopic (exact) mass is 317 g/mol. The lowest BCUT2D eigenvalue weighted by atomic mass is 9.95. The fraction of sp³-hybridized carbons (Fsp3) is 0.467. The standard InChI is InChI=1S/C15H16BrN3/c16-14-13-7-10(8-17)6-11(13)9-18-15(14)19-12-4-2-1-3-5-12/h7,9,12H,1-6H2,(H,18,19). The average molecular weight is 318 g/mol. The first kappa shape index (κ1) is 12.7. The zero-order chi connectivity index (χ0) is 13.2. The SMILES string of the molecule is N#CC1=Cc2c(cnc(NC3CCCCC3)c2Br)C1. The normalized spacial score (nSPS) is 18.6. The number of pyridine rings is 1. The summed E-state index contributed by atoms with van der Waals surface area (Å²) in [5.41, 5.74) is 3.06. The van der Waals surface area contributed by atoms with Crippen LogP contribution in [0.25, 0.3) is 6.08 Å². The maximum Gasteiger partial charge on any atom is 0.141 e. The molecule has 0 saturated heterocycles. The maximum atomic E-state index is 8.99. The van der Waals surface area contributed by atoms with Crippen molar-refractivity contribution in [3.63, 3.8) is 0 Å². The van der Waals surface area contributed by atoms with Crippen molar-refractivity contribution in [2.24, 2.45) is 0 Å². The van der Waals surface area contributed by atoms with E-state index in [1.165, 1.54) is 32.1 Å². The molecule has 0 spiro atoms. The van der Waals surface area contributed by atoms with Gasteiger partial charge in [0.2, 0.25) is 0 Å². The van der Waals surface area contributed by atoms with E-state index in [0.717, 1.165) is 27.0 Å². The smallest absolute Gasteiger partial charge is 0.141 e. The van der Waals surface area contributed by atoms with Crippen molar-refractivity contribution >= 4 is 27.8 Å². The predicted molar refractivity (Wildman–Crippen MR) is 79.7 cm³/mol. The molecule has 1 aromatic heterocycles. The van der Waals surface area contributed by atoms with Crippen LogP contribution < -0.4 is 5.32 Å². The van der Waals surface area contributed by atoms with E-state index in [2.05, 4.69) is 32.3 Å². The van der Waals surface area contributed by atoms with Crippen molar-refractivity contribution in [1.82, 2.24) is 4.98 Å². The molecule has 2 aliphatic rings. The number of nitriles is 1. The summed E-state index contributed by atoms with van der Waals surface area (Å²) in [4.78, 5) is 4.51. The average Bonchev–Trinajstić information content (AvgIpc) is 2.87. The lowest BCUT2D eigenvalue weighted by molar-refractivity contribution is 0.461. The van der Waals surface area contributed by atoms with E-state index in [4.69, 9.17) is 5.26 Å². The van der Waals surface area contributed by atoms with Gasteiger partial charge in [-0.15, -0.1) is 0 Å². The van der Waals surface area contributed by atoms with E-state index in [9.17, 15) is 0 Å². The third-order valence-electron chi connectivity index (χ3n) is 3.93. The van der Waals surface area contributed by atoms with Gasteiger partial charge in [0.1, 0.15) is 5.82 Å². The van der Waals surface area contributed by atoms with Crippen molar-refractivity contribution in [3.05, 3.63) is 27.4 Å². The molecule has 98 valence electrons. The number of allylic oxidation sites excluding steroid dienone is 1. The predicted octanol–water partition coefficient (Wildman–Crippen LogP) is 4.05. The second kappa shape index (κ2) is 5.34. The number of nitrogens with zero attached hydrogens (tertiary/aromatic N) is 2. The zero-order valence-electron chi connectivity index (χ0n) is 10.7. The first-order chi connectivity index (χ1) is 9.28. The summed E-state index contributed by atoms with van der Waals surface area (Å²) in [6.45, 7) is 0. The van der Waals surface area contributed by atoms with Gasteiger partial charge in [0, 0.05) is 24.2 Å². The summed E-state index contributed by atoms with van der Waals surface area (Å²) in [6, 6.07) is 2.77. The van der Waals surface area contributed by atoms with Crippen LogP contribution in [0.3, 0.4) is 0 Å². The van der Waals surface area contributed by atoms with Crippen LogP contribution in [0.15, 0.2) is 16.2 Å². The molecule has 2 aliphatic carbocycles. The van der Waals surface area contributed by atoms with E-state index >= 15 is 0 Å². The molecule has 1 saturated carbocycles. The number of fused-ring (bicyclic) bond motifs is 1. The van der Waals surface area contributed by atoms with Gasteiger partial charge in [-0.3, -0.25) is 0 Å². The zero-order valence-corrected chi connectivity index (χ0v) is 12.3. The molecule has 3 nitrogen and oxygen atoms in total. The molecule has 0 aliphatic heterocycles. The Balaban J connectivity index is 1.84. The minimum atomic E-state index is 0.538. The lowest BCUT2D eigenvalue weighted by Crippen LogP contribution is -2.23. The molecule has 0 radical (unpaired) electrons. The van der Waals surface area contributed by atoms with Crippen molar-refractivity contribution in [2.75, 3.05) is 5.32 Å². The Morgan fingerprint density at radius 1 is 1.32 bits per heavy atom. The highest BCUT2D eigenvalue weighted by Crippen LogP contribution is 2.35. The number of anilines is 1. The molecule has 0 unspecified atom stereocenters. The Kier molecular flexibility index (Phi) is 3.56. The second-order valence-corrected chi connectivity index (χ2v) is 6.09. The van der Waals surface area contributed by atoms with Crippen molar-refractivity contribution in [1.29, 1.82) is 5.26 Å². The molecule has 0 atom stereocenters. The van der Waals surface area contributed by atoms with Crippen LogP contribution in [0.1, 0.15) is 43.2 Å². The van der Waals surface area contributed by atoms with Crippen LogP contribution in [0.5, 0.6) is 0 Å². The first-order valence-electron chi connectivity index (χ1n) is 6.82. The molecule has 1 aromatic rings. The molecule has 0 bridgehead atoms. The summed E-state index contributed by atoms with van der Waals surface area (Å²) < 4.78 is 1.00. The fourth-order valence-corrected chi connectivity index (χ4v) is 3.46. The van der Waals surface area contributed by atoms with Gasteiger partial charge in [0.25, 0.3) is 0 Å². The largest absolute Gasteiger partial charge is 0.366 e. The first-order valence-corrected chi connectivity index (χ1v) is 7.62.